The van der Waals surface area contributed by atoms with Crippen LogP contribution in [-0.4, -0.2) is 11.7 Å². The summed E-state index contributed by atoms with van der Waals surface area (Å²) in [6, 6.07) is 20.6. The number of nitrogens with zero attached hydrogens (tertiary/aromatic N) is 2. The molecule has 0 spiro atoms. The summed E-state index contributed by atoms with van der Waals surface area (Å²) < 4.78 is 0.879. The molecule has 6 heteroatoms. The maximum atomic E-state index is 13.3. The van der Waals surface area contributed by atoms with Crippen LogP contribution in [0.3, 0.4) is 0 Å². The Hall–Kier alpha value is -2.40. The number of carbonyl (C=O) groups excluding carboxylic acids is 1. The zero-order valence-corrected chi connectivity index (χ0v) is 18.5. The van der Waals surface area contributed by atoms with Gasteiger partial charge in [0.1, 0.15) is 11.5 Å². The van der Waals surface area contributed by atoms with Crippen LogP contribution in [0, 0.1) is 6.92 Å². The van der Waals surface area contributed by atoms with Crippen LogP contribution in [0.5, 0.6) is 0 Å². The van der Waals surface area contributed by atoms with Gasteiger partial charge >= 0.3 is 0 Å². The molecule has 1 amide bonds. The fourth-order valence-corrected chi connectivity index (χ4v) is 3.88. The zero-order valence-electron chi connectivity index (χ0n) is 15.4. The lowest BCUT2D eigenvalue weighted by Crippen LogP contribution is -2.32. The minimum absolute atomic E-state index is 0.218. The van der Waals surface area contributed by atoms with Crippen molar-refractivity contribution in [1.82, 2.24) is 0 Å². The summed E-state index contributed by atoms with van der Waals surface area (Å²) in [6.45, 7) is 2.02. The van der Waals surface area contributed by atoms with Gasteiger partial charge in [-0.25, -0.2) is 4.99 Å². The topological polar surface area (TPSA) is 32.7 Å². The van der Waals surface area contributed by atoms with Gasteiger partial charge in [-0.15, -0.1) is 0 Å². The summed E-state index contributed by atoms with van der Waals surface area (Å²) in [7, 11) is 0. The van der Waals surface area contributed by atoms with E-state index in [-0.39, 0.29) is 5.91 Å². The van der Waals surface area contributed by atoms with E-state index in [2.05, 4.69) is 20.9 Å². The first kappa shape index (κ1) is 19.9. The first-order valence-electron chi connectivity index (χ1n) is 8.85. The van der Waals surface area contributed by atoms with Crippen molar-refractivity contribution in [3.05, 3.63) is 104 Å². The highest BCUT2D eigenvalue weighted by Crippen LogP contribution is 2.31. The zero-order chi connectivity index (χ0) is 20.5. The largest absolute Gasteiger partial charge is 0.282 e. The van der Waals surface area contributed by atoms with Gasteiger partial charge in [0.15, 0.2) is 0 Å². The van der Waals surface area contributed by atoms with Gasteiger partial charge < -0.3 is 0 Å². The molecular formula is C23H15BrCl2N2O. The molecule has 0 unspecified atom stereocenters. The fraction of sp³-hybridized carbons (Fsp3) is 0.0435. The van der Waals surface area contributed by atoms with E-state index in [1.165, 1.54) is 0 Å². The summed E-state index contributed by atoms with van der Waals surface area (Å²) in [5.74, 6) is 0.356. The Labute approximate surface area is 187 Å². The fourth-order valence-electron chi connectivity index (χ4n) is 3.03. The third-order valence-corrected chi connectivity index (χ3v) is 5.55. The van der Waals surface area contributed by atoms with Crippen LogP contribution in [0.4, 0.5) is 5.69 Å². The molecule has 0 bridgehead atoms. The monoisotopic (exact) mass is 484 g/mol. The first-order valence-corrected chi connectivity index (χ1v) is 10.4. The van der Waals surface area contributed by atoms with Crippen molar-refractivity contribution in [1.29, 1.82) is 0 Å². The number of benzene rings is 3. The number of amides is 1. The van der Waals surface area contributed by atoms with E-state index in [1.807, 2.05) is 55.5 Å². The van der Waals surface area contributed by atoms with Crippen LogP contribution in [0.15, 0.2) is 81.9 Å². The number of rotatable bonds is 3. The van der Waals surface area contributed by atoms with Crippen molar-refractivity contribution in [3.8, 4) is 0 Å². The smallest absolute Gasteiger partial charge is 0.266 e. The third kappa shape index (κ3) is 4.15. The number of aliphatic imine (C=N–C) groups is 1. The van der Waals surface area contributed by atoms with Crippen LogP contribution >= 0.6 is 39.1 Å². The van der Waals surface area contributed by atoms with Crippen LogP contribution in [0.1, 0.15) is 16.7 Å². The van der Waals surface area contributed by atoms with E-state index in [0.717, 1.165) is 21.3 Å². The number of hydrogen-bond donors (Lipinski definition) is 0. The molecule has 0 aromatic heterocycles. The Bertz CT molecular complexity index is 1170. The number of aryl methyl sites for hydroxylation is 1. The third-order valence-electron chi connectivity index (χ3n) is 4.49. The normalized spacial score (nSPS) is 15.2. The molecule has 3 nitrogen and oxygen atoms in total. The van der Waals surface area contributed by atoms with Crippen molar-refractivity contribution in [3.63, 3.8) is 0 Å². The molecule has 0 aliphatic carbocycles. The van der Waals surface area contributed by atoms with E-state index >= 15 is 0 Å². The quantitative estimate of drug-likeness (QED) is 0.371. The average molecular weight is 486 g/mol. The van der Waals surface area contributed by atoms with Gasteiger partial charge in [-0.3, -0.25) is 9.69 Å². The molecule has 3 aromatic rings. The van der Waals surface area contributed by atoms with Gasteiger partial charge in [0.05, 0.1) is 5.69 Å². The maximum Gasteiger partial charge on any atom is 0.282 e. The number of hydrogen-bond acceptors (Lipinski definition) is 2. The van der Waals surface area contributed by atoms with Crippen molar-refractivity contribution in [2.24, 2.45) is 4.99 Å². The maximum absolute atomic E-state index is 13.3. The van der Waals surface area contributed by atoms with E-state index in [4.69, 9.17) is 23.2 Å². The molecule has 1 aliphatic heterocycles. The predicted molar refractivity (Wildman–Crippen MR) is 124 cm³/mol. The first-order chi connectivity index (χ1) is 13.9. The Kier molecular flexibility index (Phi) is 5.59. The van der Waals surface area contributed by atoms with E-state index < -0.39 is 0 Å². The second-order valence-corrected chi connectivity index (χ2v) is 8.38. The molecule has 1 heterocycles. The number of anilines is 1. The van der Waals surface area contributed by atoms with Crippen LogP contribution in [0.2, 0.25) is 10.0 Å². The second-order valence-electron chi connectivity index (χ2n) is 6.62. The molecule has 29 heavy (non-hydrogen) atoms. The lowest BCUT2D eigenvalue weighted by molar-refractivity contribution is -0.113. The highest BCUT2D eigenvalue weighted by molar-refractivity contribution is 9.10. The van der Waals surface area contributed by atoms with Gasteiger partial charge in [-0.05, 0) is 48.9 Å². The Morgan fingerprint density at radius 2 is 1.76 bits per heavy atom. The number of halogens is 3. The van der Waals surface area contributed by atoms with Crippen molar-refractivity contribution >= 4 is 62.6 Å². The molecule has 4 rings (SSSR count). The molecule has 0 atom stereocenters. The van der Waals surface area contributed by atoms with Crippen LogP contribution in [0.25, 0.3) is 6.08 Å². The van der Waals surface area contributed by atoms with Gasteiger partial charge in [0, 0.05) is 20.1 Å². The van der Waals surface area contributed by atoms with E-state index in [0.29, 0.717) is 27.1 Å². The number of carbonyl (C=O) groups is 1. The van der Waals surface area contributed by atoms with Gasteiger partial charge in [-0.2, -0.15) is 0 Å². The molecule has 3 aromatic carbocycles. The summed E-state index contributed by atoms with van der Waals surface area (Å²) in [4.78, 5) is 19.6. The molecule has 0 radical (unpaired) electrons. The summed E-state index contributed by atoms with van der Waals surface area (Å²) in [5, 5.41) is 1.00. The van der Waals surface area contributed by atoms with Crippen LogP contribution < -0.4 is 4.90 Å². The minimum atomic E-state index is -0.218. The summed E-state index contributed by atoms with van der Waals surface area (Å²) in [5.41, 5.74) is 3.72. The van der Waals surface area contributed by atoms with Gasteiger partial charge in [0.25, 0.3) is 5.91 Å². The van der Waals surface area contributed by atoms with Crippen molar-refractivity contribution < 1.29 is 4.79 Å². The summed E-state index contributed by atoms with van der Waals surface area (Å²) in [6.07, 6.45) is 1.69. The summed E-state index contributed by atoms with van der Waals surface area (Å²) >= 11 is 15.8. The molecule has 0 saturated carbocycles. The minimum Gasteiger partial charge on any atom is -0.266 e. The SMILES string of the molecule is Cc1ccc(C2=N/C(=C/c3ccc(Cl)cc3Cl)C(=O)N2c2cccc(Br)c2)cc1. The Balaban J connectivity index is 1.84. The highest BCUT2D eigenvalue weighted by atomic mass is 79.9. The second kappa shape index (κ2) is 8.15. The molecule has 0 fully saturated rings. The Morgan fingerprint density at radius 3 is 2.45 bits per heavy atom. The Morgan fingerprint density at radius 1 is 1.00 bits per heavy atom. The molecule has 144 valence electrons. The number of amidine groups is 1. The van der Waals surface area contributed by atoms with Crippen molar-refractivity contribution in [2.45, 2.75) is 6.92 Å². The van der Waals surface area contributed by atoms with Crippen LogP contribution in [-0.2, 0) is 4.79 Å². The van der Waals surface area contributed by atoms with Crippen molar-refractivity contribution in [2.75, 3.05) is 4.90 Å². The molecule has 1 aliphatic rings. The lowest BCUT2D eigenvalue weighted by Gasteiger charge is -2.19. The highest BCUT2D eigenvalue weighted by Gasteiger charge is 2.32. The standard InChI is InChI=1S/C23H15BrCl2N2O/c1-14-5-7-15(8-6-14)22-27-21(11-16-9-10-18(25)13-20(16)26)23(29)28(22)19-4-2-3-17(24)12-19/h2-13H,1H3/b21-11+. The van der Waals surface area contributed by atoms with Gasteiger partial charge in [0.2, 0.25) is 0 Å². The molecule has 0 saturated heterocycles. The average Bonchev–Trinajstić information content (AvgIpc) is 3.01. The van der Waals surface area contributed by atoms with E-state index in [1.54, 1.807) is 29.2 Å². The van der Waals surface area contributed by atoms with Gasteiger partial charge in [-0.1, -0.05) is 81.1 Å². The molecule has 0 N–H and O–H groups in total. The predicted octanol–water partition coefficient (Wildman–Crippen LogP) is 6.90. The molecular weight excluding hydrogens is 471 g/mol. The lowest BCUT2D eigenvalue weighted by atomic mass is 10.1. The van der Waals surface area contributed by atoms with E-state index in [9.17, 15) is 4.79 Å².